The minimum atomic E-state index is -3.65. The van der Waals surface area contributed by atoms with E-state index in [0.29, 0.717) is 25.4 Å². The van der Waals surface area contributed by atoms with Crippen molar-refractivity contribution in [2.24, 2.45) is 11.1 Å². The lowest BCUT2D eigenvalue weighted by molar-refractivity contribution is 0.239. The molecule has 0 aromatic heterocycles. The molecule has 7 heteroatoms. The van der Waals surface area contributed by atoms with Gasteiger partial charge in [0.05, 0.1) is 4.90 Å². The van der Waals surface area contributed by atoms with E-state index in [-0.39, 0.29) is 10.9 Å². The summed E-state index contributed by atoms with van der Waals surface area (Å²) in [7, 11) is -3.65. The molecule has 0 aliphatic heterocycles. The number of urea groups is 1. The Hall–Kier alpha value is -1.60. The van der Waals surface area contributed by atoms with Crippen LogP contribution in [0.1, 0.15) is 19.4 Å². The summed E-state index contributed by atoms with van der Waals surface area (Å²) in [6, 6.07) is 6.10. The molecule has 0 saturated heterocycles. The Bertz CT molecular complexity index is 538. The van der Waals surface area contributed by atoms with Crippen molar-refractivity contribution < 1.29 is 13.2 Å². The molecule has 1 aromatic rings. The Morgan fingerprint density at radius 1 is 1.20 bits per heavy atom. The SMILES string of the molecule is CC(C)CNC(=O)NCCc1ccc(S(N)(=O)=O)cc1. The van der Waals surface area contributed by atoms with E-state index in [4.69, 9.17) is 5.14 Å². The minimum absolute atomic E-state index is 0.0869. The van der Waals surface area contributed by atoms with Gasteiger partial charge >= 0.3 is 6.03 Å². The summed E-state index contributed by atoms with van der Waals surface area (Å²) < 4.78 is 22.2. The Balaban J connectivity index is 2.38. The molecule has 112 valence electrons. The second kappa shape index (κ2) is 7.25. The van der Waals surface area contributed by atoms with Crippen LogP contribution in [0.2, 0.25) is 0 Å². The van der Waals surface area contributed by atoms with Crippen LogP contribution in [0.15, 0.2) is 29.2 Å². The van der Waals surface area contributed by atoms with Crippen LogP contribution in [0.25, 0.3) is 0 Å². The zero-order chi connectivity index (χ0) is 15.2. The Labute approximate surface area is 119 Å². The molecule has 0 spiro atoms. The second-order valence-corrected chi connectivity index (χ2v) is 6.53. The van der Waals surface area contributed by atoms with Crippen molar-refractivity contribution >= 4 is 16.1 Å². The normalized spacial score (nSPS) is 11.4. The predicted octanol–water partition coefficient (Wildman–Crippen LogP) is 0.832. The van der Waals surface area contributed by atoms with Gasteiger partial charge in [0.25, 0.3) is 0 Å². The largest absolute Gasteiger partial charge is 0.338 e. The van der Waals surface area contributed by atoms with Crippen LogP contribution in [-0.4, -0.2) is 27.5 Å². The summed E-state index contributed by atoms with van der Waals surface area (Å²) in [5.41, 5.74) is 0.932. The maximum Gasteiger partial charge on any atom is 0.314 e. The van der Waals surface area contributed by atoms with Crippen molar-refractivity contribution in [3.63, 3.8) is 0 Å². The van der Waals surface area contributed by atoms with Crippen molar-refractivity contribution in [3.05, 3.63) is 29.8 Å². The molecule has 1 aromatic carbocycles. The van der Waals surface area contributed by atoms with Crippen molar-refractivity contribution in [3.8, 4) is 0 Å². The van der Waals surface area contributed by atoms with Gasteiger partial charge in [0.15, 0.2) is 0 Å². The Morgan fingerprint density at radius 2 is 1.80 bits per heavy atom. The van der Waals surface area contributed by atoms with E-state index in [2.05, 4.69) is 10.6 Å². The number of hydrogen-bond acceptors (Lipinski definition) is 3. The lowest BCUT2D eigenvalue weighted by Gasteiger charge is -2.09. The molecule has 0 bridgehead atoms. The monoisotopic (exact) mass is 299 g/mol. The number of primary sulfonamides is 1. The van der Waals surface area contributed by atoms with E-state index in [1.54, 1.807) is 12.1 Å². The van der Waals surface area contributed by atoms with Gasteiger partial charge < -0.3 is 10.6 Å². The van der Waals surface area contributed by atoms with E-state index in [1.165, 1.54) is 12.1 Å². The molecule has 1 rings (SSSR count). The molecule has 6 nitrogen and oxygen atoms in total. The van der Waals surface area contributed by atoms with Crippen LogP contribution in [0.4, 0.5) is 4.79 Å². The first-order valence-electron chi connectivity index (χ1n) is 6.42. The van der Waals surface area contributed by atoms with E-state index < -0.39 is 10.0 Å². The molecular formula is C13H21N3O3S. The summed E-state index contributed by atoms with van der Waals surface area (Å²) in [5.74, 6) is 0.409. The number of carbonyl (C=O) groups excluding carboxylic acids is 1. The quantitative estimate of drug-likeness (QED) is 0.725. The van der Waals surface area contributed by atoms with Crippen molar-refractivity contribution in [1.29, 1.82) is 0 Å². The molecule has 0 aliphatic carbocycles. The highest BCUT2D eigenvalue weighted by Gasteiger charge is 2.06. The lowest BCUT2D eigenvalue weighted by Crippen LogP contribution is -2.38. The number of rotatable bonds is 6. The maximum absolute atomic E-state index is 11.4. The highest BCUT2D eigenvalue weighted by molar-refractivity contribution is 7.89. The molecular weight excluding hydrogens is 278 g/mol. The minimum Gasteiger partial charge on any atom is -0.338 e. The number of sulfonamides is 1. The fourth-order valence-electron chi connectivity index (χ4n) is 1.53. The summed E-state index contributed by atoms with van der Waals surface area (Å²) in [6.45, 7) is 5.16. The summed E-state index contributed by atoms with van der Waals surface area (Å²) in [6.07, 6.45) is 0.625. The van der Waals surface area contributed by atoms with Crippen LogP contribution in [0.5, 0.6) is 0 Å². The average molecular weight is 299 g/mol. The lowest BCUT2D eigenvalue weighted by atomic mass is 10.1. The molecule has 0 heterocycles. The van der Waals surface area contributed by atoms with Crippen LogP contribution in [0.3, 0.4) is 0 Å². The first-order valence-corrected chi connectivity index (χ1v) is 7.97. The van der Waals surface area contributed by atoms with Crippen molar-refractivity contribution in [2.45, 2.75) is 25.2 Å². The zero-order valence-corrected chi connectivity index (χ0v) is 12.5. The summed E-state index contributed by atoms with van der Waals surface area (Å²) in [5, 5.41) is 10.5. The third-order valence-corrected chi connectivity index (χ3v) is 3.55. The van der Waals surface area contributed by atoms with Crippen LogP contribution in [0, 0.1) is 5.92 Å². The molecule has 4 N–H and O–H groups in total. The molecule has 0 radical (unpaired) electrons. The van der Waals surface area contributed by atoms with Gasteiger partial charge in [-0.05, 0) is 30.0 Å². The van der Waals surface area contributed by atoms with Gasteiger partial charge in [-0.15, -0.1) is 0 Å². The number of benzene rings is 1. The van der Waals surface area contributed by atoms with Gasteiger partial charge in [-0.1, -0.05) is 26.0 Å². The van der Waals surface area contributed by atoms with Crippen LogP contribution in [-0.2, 0) is 16.4 Å². The topological polar surface area (TPSA) is 101 Å². The first-order chi connectivity index (χ1) is 9.29. The van der Waals surface area contributed by atoms with Gasteiger partial charge in [-0.2, -0.15) is 0 Å². The molecule has 2 amide bonds. The van der Waals surface area contributed by atoms with Crippen LogP contribution >= 0.6 is 0 Å². The van der Waals surface area contributed by atoms with E-state index in [0.717, 1.165) is 5.56 Å². The highest BCUT2D eigenvalue weighted by Crippen LogP contribution is 2.08. The number of hydrogen-bond donors (Lipinski definition) is 3. The van der Waals surface area contributed by atoms with Gasteiger partial charge in [-0.25, -0.2) is 18.4 Å². The van der Waals surface area contributed by atoms with Crippen LogP contribution < -0.4 is 15.8 Å². The summed E-state index contributed by atoms with van der Waals surface area (Å²) in [4.78, 5) is 11.5. The van der Waals surface area contributed by atoms with Crippen molar-refractivity contribution in [1.82, 2.24) is 10.6 Å². The van der Waals surface area contributed by atoms with Crippen molar-refractivity contribution in [2.75, 3.05) is 13.1 Å². The number of amides is 2. The number of nitrogens with one attached hydrogen (secondary N) is 2. The fraction of sp³-hybridized carbons (Fsp3) is 0.462. The second-order valence-electron chi connectivity index (χ2n) is 4.97. The molecule has 0 fully saturated rings. The Kier molecular flexibility index (Phi) is 5.97. The number of nitrogens with two attached hydrogens (primary N) is 1. The maximum atomic E-state index is 11.4. The zero-order valence-electron chi connectivity index (χ0n) is 11.7. The molecule has 0 aliphatic rings. The molecule has 0 saturated carbocycles. The predicted molar refractivity (Wildman–Crippen MR) is 77.8 cm³/mol. The van der Waals surface area contributed by atoms with Gasteiger partial charge in [0, 0.05) is 13.1 Å². The summed E-state index contributed by atoms with van der Waals surface area (Å²) >= 11 is 0. The fourth-order valence-corrected chi connectivity index (χ4v) is 2.04. The number of carbonyl (C=O) groups is 1. The van der Waals surface area contributed by atoms with E-state index >= 15 is 0 Å². The van der Waals surface area contributed by atoms with E-state index in [1.807, 2.05) is 13.8 Å². The smallest absolute Gasteiger partial charge is 0.314 e. The van der Waals surface area contributed by atoms with Gasteiger partial charge in [-0.3, -0.25) is 0 Å². The molecule has 0 atom stereocenters. The average Bonchev–Trinajstić information content (AvgIpc) is 2.36. The van der Waals surface area contributed by atoms with Gasteiger partial charge in [0.1, 0.15) is 0 Å². The third-order valence-electron chi connectivity index (χ3n) is 2.62. The Morgan fingerprint density at radius 3 is 2.30 bits per heavy atom. The standard InChI is InChI=1S/C13H21N3O3S/c1-10(2)9-16-13(17)15-8-7-11-3-5-12(6-4-11)20(14,18)19/h3-6,10H,7-9H2,1-2H3,(H2,14,18,19)(H2,15,16,17). The third kappa shape index (κ3) is 6.03. The van der Waals surface area contributed by atoms with E-state index in [9.17, 15) is 13.2 Å². The molecule has 20 heavy (non-hydrogen) atoms. The molecule has 0 unspecified atom stereocenters. The van der Waals surface area contributed by atoms with Gasteiger partial charge in [0.2, 0.25) is 10.0 Å². The highest BCUT2D eigenvalue weighted by atomic mass is 32.2. The first kappa shape index (κ1) is 16.5.